The lowest BCUT2D eigenvalue weighted by atomic mass is 10.1. The minimum Gasteiger partial charge on any atom is -0.373 e. The van der Waals surface area contributed by atoms with E-state index < -0.39 is 15.7 Å². The molecule has 0 aromatic rings. The highest BCUT2D eigenvalue weighted by atomic mass is 32.2. The fraction of sp³-hybridized carbons (Fsp3) is 1.00. The highest BCUT2D eigenvalue weighted by molar-refractivity contribution is 7.87. The Balaban J connectivity index is 2.76. The minimum atomic E-state index is -3.40. The molecular weight excluding hydrogens is 228 g/mol. The van der Waals surface area contributed by atoms with Crippen LogP contribution in [0.25, 0.3) is 0 Å². The molecule has 0 aromatic heterocycles. The summed E-state index contributed by atoms with van der Waals surface area (Å²) in [5, 5.41) is 0. The molecule has 16 heavy (non-hydrogen) atoms. The molecule has 0 saturated carbocycles. The van der Waals surface area contributed by atoms with Gasteiger partial charge in [0.25, 0.3) is 10.2 Å². The first-order valence-electron chi connectivity index (χ1n) is 5.55. The maximum atomic E-state index is 12.1. The molecule has 5 nitrogen and oxygen atoms in total. The molecule has 1 N–H and O–H groups in total. The van der Waals surface area contributed by atoms with Crippen LogP contribution in [0, 0.1) is 0 Å². The average molecular weight is 250 g/mol. The predicted molar refractivity (Wildman–Crippen MR) is 63.4 cm³/mol. The van der Waals surface area contributed by atoms with E-state index in [2.05, 4.69) is 4.72 Å². The van der Waals surface area contributed by atoms with Crippen LogP contribution in [0.2, 0.25) is 0 Å². The van der Waals surface area contributed by atoms with E-state index in [0.29, 0.717) is 13.1 Å². The summed E-state index contributed by atoms with van der Waals surface area (Å²) in [6.07, 6.45) is -0.111. The van der Waals surface area contributed by atoms with Crippen LogP contribution in [0.1, 0.15) is 34.6 Å². The van der Waals surface area contributed by atoms with Crippen LogP contribution in [0.5, 0.6) is 0 Å². The Hall–Kier alpha value is -0.170. The van der Waals surface area contributed by atoms with Gasteiger partial charge in [-0.1, -0.05) is 0 Å². The Bertz CT molecular complexity index is 324. The van der Waals surface area contributed by atoms with Gasteiger partial charge < -0.3 is 4.74 Å². The van der Waals surface area contributed by atoms with Gasteiger partial charge in [0, 0.05) is 18.6 Å². The Morgan fingerprint density at radius 2 is 1.62 bits per heavy atom. The van der Waals surface area contributed by atoms with E-state index in [-0.39, 0.29) is 12.2 Å². The molecule has 1 aliphatic rings. The molecule has 96 valence electrons. The second kappa shape index (κ2) is 4.60. The first-order chi connectivity index (χ1) is 7.10. The summed E-state index contributed by atoms with van der Waals surface area (Å²) in [7, 11) is -3.40. The van der Waals surface area contributed by atoms with Crippen molar-refractivity contribution in [2.45, 2.75) is 52.4 Å². The lowest BCUT2D eigenvalue weighted by Gasteiger charge is -2.36. The predicted octanol–water partition coefficient (Wildman–Crippen LogP) is 0.728. The van der Waals surface area contributed by atoms with Crippen LogP contribution in [-0.4, -0.2) is 43.6 Å². The summed E-state index contributed by atoms with van der Waals surface area (Å²) in [5.74, 6) is 0. The van der Waals surface area contributed by atoms with Crippen molar-refractivity contribution in [3.05, 3.63) is 0 Å². The fourth-order valence-electron chi connectivity index (χ4n) is 1.78. The van der Waals surface area contributed by atoms with E-state index in [4.69, 9.17) is 4.74 Å². The molecule has 1 fully saturated rings. The summed E-state index contributed by atoms with van der Waals surface area (Å²) in [4.78, 5) is 0. The van der Waals surface area contributed by atoms with Crippen LogP contribution < -0.4 is 4.72 Å². The molecule has 1 rings (SSSR count). The topological polar surface area (TPSA) is 58.6 Å². The molecule has 1 aliphatic heterocycles. The Labute approximate surface area is 98.3 Å². The van der Waals surface area contributed by atoms with Crippen molar-refractivity contribution in [1.82, 2.24) is 9.03 Å². The van der Waals surface area contributed by atoms with Crippen molar-refractivity contribution in [3.8, 4) is 0 Å². The highest BCUT2D eigenvalue weighted by Crippen LogP contribution is 2.15. The monoisotopic (exact) mass is 250 g/mol. The van der Waals surface area contributed by atoms with Crippen molar-refractivity contribution < 1.29 is 13.2 Å². The Morgan fingerprint density at radius 3 is 2.00 bits per heavy atom. The molecule has 0 amide bonds. The molecule has 0 radical (unpaired) electrons. The number of nitrogens with one attached hydrogen (secondary N) is 1. The third-order valence-electron chi connectivity index (χ3n) is 2.16. The number of nitrogens with zero attached hydrogens (tertiary/aromatic N) is 1. The maximum Gasteiger partial charge on any atom is 0.280 e. The molecule has 1 heterocycles. The van der Waals surface area contributed by atoms with Gasteiger partial charge in [0.15, 0.2) is 0 Å². The van der Waals surface area contributed by atoms with Crippen molar-refractivity contribution in [2.75, 3.05) is 13.1 Å². The van der Waals surface area contributed by atoms with Crippen LogP contribution in [0.4, 0.5) is 0 Å². The van der Waals surface area contributed by atoms with E-state index in [1.54, 1.807) is 0 Å². The van der Waals surface area contributed by atoms with Gasteiger partial charge in [0.2, 0.25) is 0 Å². The third kappa shape index (κ3) is 4.01. The first-order valence-corrected chi connectivity index (χ1v) is 6.99. The summed E-state index contributed by atoms with van der Waals surface area (Å²) < 4.78 is 33.7. The van der Waals surface area contributed by atoms with Gasteiger partial charge >= 0.3 is 0 Å². The number of rotatable bonds is 2. The molecule has 0 bridgehead atoms. The summed E-state index contributed by atoms with van der Waals surface area (Å²) in [5.41, 5.74) is -0.455. The molecule has 2 unspecified atom stereocenters. The zero-order chi connectivity index (χ0) is 12.6. The minimum absolute atomic E-state index is 0.0553. The van der Waals surface area contributed by atoms with E-state index in [9.17, 15) is 8.42 Å². The van der Waals surface area contributed by atoms with E-state index >= 15 is 0 Å². The second-order valence-electron chi connectivity index (χ2n) is 5.43. The fourth-order valence-corrected chi connectivity index (χ4v) is 3.49. The van der Waals surface area contributed by atoms with Gasteiger partial charge in [0.1, 0.15) is 0 Å². The molecular formula is C10H22N2O3S. The molecule has 6 heteroatoms. The van der Waals surface area contributed by atoms with Crippen molar-refractivity contribution in [1.29, 1.82) is 0 Å². The van der Waals surface area contributed by atoms with E-state index in [1.807, 2.05) is 34.6 Å². The average Bonchev–Trinajstić information content (AvgIpc) is 1.96. The van der Waals surface area contributed by atoms with E-state index in [1.165, 1.54) is 4.31 Å². The van der Waals surface area contributed by atoms with Crippen molar-refractivity contribution in [3.63, 3.8) is 0 Å². The SMILES string of the molecule is CC1CN(S(=O)(=O)NC(C)(C)C)CC(C)O1. The quantitative estimate of drug-likeness (QED) is 0.786. The van der Waals surface area contributed by atoms with Crippen molar-refractivity contribution >= 4 is 10.2 Å². The number of hydrogen-bond donors (Lipinski definition) is 1. The highest BCUT2D eigenvalue weighted by Gasteiger charge is 2.33. The van der Waals surface area contributed by atoms with E-state index in [0.717, 1.165) is 0 Å². The normalized spacial score (nSPS) is 29.3. The molecule has 2 atom stereocenters. The van der Waals surface area contributed by atoms with Crippen LogP contribution in [0.15, 0.2) is 0 Å². The summed E-state index contributed by atoms with van der Waals surface area (Å²) in [6, 6.07) is 0. The standard InChI is InChI=1S/C10H22N2O3S/c1-8-6-12(7-9(2)15-8)16(13,14)11-10(3,4)5/h8-9,11H,6-7H2,1-5H3. The zero-order valence-electron chi connectivity index (χ0n) is 10.6. The first kappa shape index (κ1) is 13.9. The number of hydrogen-bond acceptors (Lipinski definition) is 3. The summed E-state index contributed by atoms with van der Waals surface area (Å²) >= 11 is 0. The second-order valence-corrected chi connectivity index (χ2v) is 7.10. The largest absolute Gasteiger partial charge is 0.373 e. The smallest absolute Gasteiger partial charge is 0.280 e. The van der Waals surface area contributed by atoms with Crippen molar-refractivity contribution in [2.24, 2.45) is 0 Å². The lowest BCUT2D eigenvalue weighted by molar-refractivity contribution is -0.0445. The van der Waals surface area contributed by atoms with Gasteiger partial charge in [-0.05, 0) is 34.6 Å². The van der Waals surface area contributed by atoms with Crippen LogP contribution in [0.3, 0.4) is 0 Å². The third-order valence-corrected chi connectivity index (χ3v) is 4.01. The zero-order valence-corrected chi connectivity index (χ0v) is 11.5. The lowest BCUT2D eigenvalue weighted by Crippen LogP contribution is -2.55. The molecule has 0 aromatic carbocycles. The number of ether oxygens (including phenoxy) is 1. The van der Waals surface area contributed by atoms with Crippen LogP contribution in [-0.2, 0) is 14.9 Å². The van der Waals surface area contributed by atoms with Gasteiger partial charge in [-0.15, -0.1) is 0 Å². The van der Waals surface area contributed by atoms with Gasteiger partial charge in [-0.2, -0.15) is 17.4 Å². The molecule has 0 spiro atoms. The van der Waals surface area contributed by atoms with Gasteiger partial charge in [-0.25, -0.2) is 0 Å². The maximum absolute atomic E-state index is 12.1. The molecule has 0 aliphatic carbocycles. The Kier molecular flexibility index (Phi) is 3.99. The molecule has 1 saturated heterocycles. The van der Waals surface area contributed by atoms with Gasteiger partial charge in [-0.3, -0.25) is 0 Å². The summed E-state index contributed by atoms with van der Waals surface area (Å²) in [6.45, 7) is 10.1. The van der Waals surface area contributed by atoms with Crippen LogP contribution >= 0.6 is 0 Å². The van der Waals surface area contributed by atoms with Gasteiger partial charge in [0.05, 0.1) is 12.2 Å². The Morgan fingerprint density at radius 1 is 1.19 bits per heavy atom. The number of morpholine rings is 1.